The molecule has 0 N–H and O–H groups in total. The summed E-state index contributed by atoms with van der Waals surface area (Å²) in [6.07, 6.45) is 1.41. The Balaban J connectivity index is 2.56. The van der Waals surface area contributed by atoms with Crippen molar-refractivity contribution in [2.45, 2.75) is 26.7 Å². The summed E-state index contributed by atoms with van der Waals surface area (Å²) in [4.78, 5) is 13.3. The van der Waals surface area contributed by atoms with Gasteiger partial charge in [-0.3, -0.25) is 0 Å². The molecule has 0 unspecified atom stereocenters. The van der Waals surface area contributed by atoms with Crippen LogP contribution in [-0.4, -0.2) is 30.7 Å². The van der Waals surface area contributed by atoms with E-state index >= 15 is 0 Å². The van der Waals surface area contributed by atoms with Crippen LogP contribution in [0.2, 0.25) is 0 Å². The van der Waals surface area contributed by atoms with Crippen molar-refractivity contribution in [3.8, 4) is 0 Å². The number of rotatable bonds is 3. The highest BCUT2D eigenvalue weighted by Crippen LogP contribution is 2.25. The molecule has 1 rings (SSSR count). The predicted octanol–water partition coefficient (Wildman–Crippen LogP) is 2.88. The van der Waals surface area contributed by atoms with Crippen molar-refractivity contribution in [1.29, 1.82) is 0 Å². The van der Waals surface area contributed by atoms with Crippen LogP contribution in [-0.2, 0) is 9.47 Å². The summed E-state index contributed by atoms with van der Waals surface area (Å²) >= 11 is 2.06. The molecule has 1 aliphatic rings. The molecule has 5 heteroatoms. The second-order valence-corrected chi connectivity index (χ2v) is 4.17. The van der Waals surface area contributed by atoms with Gasteiger partial charge in [0.15, 0.2) is 9.53 Å². The summed E-state index contributed by atoms with van der Waals surface area (Å²) in [7, 11) is 0. The van der Waals surface area contributed by atoms with Gasteiger partial charge in [0.25, 0.3) is 0 Å². The zero-order valence-corrected chi connectivity index (χ0v) is 11.2. The number of nitrogens with zero attached hydrogens (tertiary/aromatic N) is 1. The smallest absolute Gasteiger partial charge is 0.415 e. The van der Waals surface area contributed by atoms with E-state index in [2.05, 4.69) is 22.6 Å². The summed E-state index contributed by atoms with van der Waals surface area (Å²) in [5, 5.41) is 0. The zero-order valence-electron chi connectivity index (χ0n) is 9.09. The highest BCUT2D eigenvalue weighted by Gasteiger charge is 2.19. The Hall–Kier alpha value is -0.460. The van der Waals surface area contributed by atoms with E-state index in [9.17, 15) is 4.79 Å². The first-order chi connectivity index (χ1) is 7.19. The monoisotopic (exact) mass is 325 g/mol. The van der Waals surface area contributed by atoms with Gasteiger partial charge in [-0.2, -0.15) is 0 Å². The highest BCUT2D eigenvalue weighted by atomic mass is 127. The third-order valence-electron chi connectivity index (χ3n) is 2.23. The summed E-state index contributed by atoms with van der Waals surface area (Å²) in [5.41, 5.74) is 0. The molecule has 0 saturated heterocycles. The molecule has 0 aromatic heterocycles. The Bertz CT molecular complexity index is 261. The maximum absolute atomic E-state index is 11.6. The Morgan fingerprint density at radius 1 is 1.53 bits per heavy atom. The fraction of sp³-hybridized carbons (Fsp3) is 0.700. The van der Waals surface area contributed by atoms with E-state index in [-0.39, 0.29) is 6.09 Å². The van der Waals surface area contributed by atoms with Crippen molar-refractivity contribution in [1.82, 2.24) is 4.90 Å². The predicted molar refractivity (Wildman–Crippen MR) is 65.6 cm³/mol. The maximum Gasteiger partial charge on any atom is 0.415 e. The highest BCUT2D eigenvalue weighted by molar-refractivity contribution is 14.1. The van der Waals surface area contributed by atoms with Gasteiger partial charge in [-0.1, -0.05) is 0 Å². The molecule has 1 aliphatic heterocycles. The molecular weight excluding hydrogens is 309 g/mol. The first kappa shape index (κ1) is 12.6. The number of hydrogen-bond donors (Lipinski definition) is 0. The summed E-state index contributed by atoms with van der Waals surface area (Å²) in [6.45, 7) is 5.91. The third kappa shape index (κ3) is 3.55. The molecular formula is C10H16INO3. The van der Waals surface area contributed by atoms with Gasteiger partial charge in [0.2, 0.25) is 0 Å². The van der Waals surface area contributed by atoms with Crippen LogP contribution in [0.1, 0.15) is 26.7 Å². The van der Waals surface area contributed by atoms with Gasteiger partial charge >= 0.3 is 6.09 Å². The fourth-order valence-electron chi connectivity index (χ4n) is 1.32. The average molecular weight is 325 g/mol. The molecule has 86 valence electrons. The molecule has 0 spiro atoms. The molecule has 0 atom stereocenters. The molecule has 0 radical (unpaired) electrons. The van der Waals surface area contributed by atoms with Crippen LogP contribution < -0.4 is 0 Å². The summed E-state index contributed by atoms with van der Waals surface area (Å²) in [5.74, 6) is 0.666. The quantitative estimate of drug-likeness (QED) is 0.749. The molecule has 1 heterocycles. The Labute approximate surface area is 104 Å². The Kier molecular flexibility index (Phi) is 5.21. The SMILES string of the molecule is CCN(CC)C(=O)OC1=C(I)OCCC1. The number of allylic oxidation sites excluding steroid dienone is 1. The number of carbonyl (C=O) groups excluding carboxylic acids is 1. The molecule has 15 heavy (non-hydrogen) atoms. The number of ether oxygens (including phenoxy) is 2. The molecule has 0 aromatic carbocycles. The second kappa shape index (κ2) is 6.19. The van der Waals surface area contributed by atoms with Crippen LogP contribution in [0.25, 0.3) is 0 Å². The van der Waals surface area contributed by atoms with E-state index in [1.54, 1.807) is 4.90 Å². The molecule has 0 aromatic rings. The van der Waals surface area contributed by atoms with Crippen LogP contribution in [0.3, 0.4) is 0 Å². The Morgan fingerprint density at radius 2 is 2.20 bits per heavy atom. The van der Waals surface area contributed by atoms with Crippen molar-refractivity contribution in [3.05, 3.63) is 9.53 Å². The van der Waals surface area contributed by atoms with E-state index < -0.39 is 0 Å². The van der Waals surface area contributed by atoms with Gasteiger partial charge in [-0.25, -0.2) is 4.79 Å². The van der Waals surface area contributed by atoms with Gasteiger partial charge in [-0.05, 0) is 20.3 Å². The van der Waals surface area contributed by atoms with Crippen LogP contribution in [0, 0.1) is 0 Å². The van der Waals surface area contributed by atoms with Crippen molar-refractivity contribution >= 4 is 28.7 Å². The number of amides is 1. The average Bonchev–Trinajstić information content (AvgIpc) is 2.23. The van der Waals surface area contributed by atoms with Crippen molar-refractivity contribution in [2.24, 2.45) is 0 Å². The van der Waals surface area contributed by atoms with Gasteiger partial charge in [0, 0.05) is 42.1 Å². The van der Waals surface area contributed by atoms with Crippen molar-refractivity contribution in [3.63, 3.8) is 0 Å². The lowest BCUT2D eigenvalue weighted by atomic mass is 10.2. The zero-order chi connectivity index (χ0) is 11.3. The minimum absolute atomic E-state index is 0.283. The number of carbonyl (C=O) groups is 1. The normalized spacial score (nSPS) is 15.9. The van der Waals surface area contributed by atoms with E-state index in [4.69, 9.17) is 9.47 Å². The first-order valence-electron chi connectivity index (χ1n) is 5.17. The van der Waals surface area contributed by atoms with Crippen LogP contribution in [0.4, 0.5) is 4.79 Å². The minimum atomic E-state index is -0.283. The van der Waals surface area contributed by atoms with E-state index in [1.807, 2.05) is 13.8 Å². The lowest BCUT2D eigenvalue weighted by Crippen LogP contribution is -2.31. The number of hydrogen-bond acceptors (Lipinski definition) is 3. The van der Waals surface area contributed by atoms with Gasteiger partial charge in [0.1, 0.15) is 0 Å². The molecule has 0 aliphatic carbocycles. The van der Waals surface area contributed by atoms with Gasteiger partial charge in [-0.15, -0.1) is 0 Å². The van der Waals surface area contributed by atoms with Crippen molar-refractivity contribution < 1.29 is 14.3 Å². The number of halogens is 1. The molecule has 4 nitrogen and oxygen atoms in total. The fourth-order valence-corrected chi connectivity index (χ4v) is 1.92. The van der Waals surface area contributed by atoms with Gasteiger partial charge < -0.3 is 14.4 Å². The van der Waals surface area contributed by atoms with E-state index in [1.165, 1.54) is 0 Å². The summed E-state index contributed by atoms with van der Waals surface area (Å²) in [6, 6.07) is 0. The molecule has 0 bridgehead atoms. The van der Waals surface area contributed by atoms with E-state index in [0.29, 0.717) is 29.2 Å². The third-order valence-corrected chi connectivity index (χ3v) is 3.14. The van der Waals surface area contributed by atoms with Gasteiger partial charge in [0.05, 0.1) is 6.61 Å². The van der Waals surface area contributed by atoms with Crippen LogP contribution in [0.5, 0.6) is 0 Å². The van der Waals surface area contributed by atoms with Crippen LogP contribution in [0.15, 0.2) is 9.53 Å². The molecule has 0 saturated carbocycles. The minimum Gasteiger partial charge on any atom is -0.484 e. The first-order valence-corrected chi connectivity index (χ1v) is 6.25. The lowest BCUT2D eigenvalue weighted by molar-refractivity contribution is 0.112. The summed E-state index contributed by atoms with van der Waals surface area (Å²) < 4.78 is 11.3. The largest absolute Gasteiger partial charge is 0.484 e. The lowest BCUT2D eigenvalue weighted by Gasteiger charge is -2.21. The second-order valence-electron chi connectivity index (χ2n) is 3.19. The maximum atomic E-state index is 11.6. The molecule has 1 amide bonds. The molecule has 0 fully saturated rings. The van der Waals surface area contributed by atoms with E-state index in [0.717, 1.165) is 12.8 Å². The van der Waals surface area contributed by atoms with Crippen molar-refractivity contribution in [2.75, 3.05) is 19.7 Å². The topological polar surface area (TPSA) is 38.8 Å². The Morgan fingerprint density at radius 3 is 2.73 bits per heavy atom. The van der Waals surface area contributed by atoms with Crippen LogP contribution >= 0.6 is 22.6 Å². The standard InChI is InChI=1S/C10H16INO3/c1-3-12(4-2)10(13)15-8-6-5-7-14-9(8)11/h3-7H2,1-2H3.